The van der Waals surface area contributed by atoms with Crippen LogP contribution >= 0.6 is 11.3 Å². The number of likely N-dealkylation sites (tertiary alicyclic amines) is 1. The molecule has 0 spiro atoms. The number of carbonyl (C=O) groups is 2. The van der Waals surface area contributed by atoms with Crippen LogP contribution in [0.2, 0.25) is 0 Å². The van der Waals surface area contributed by atoms with Gasteiger partial charge in [-0.1, -0.05) is 6.07 Å². The number of carboxylic acid groups (broad SMARTS) is 1. The van der Waals surface area contributed by atoms with Gasteiger partial charge in [-0.05, 0) is 37.4 Å². The molecule has 0 aliphatic carbocycles. The second-order valence-electron chi connectivity index (χ2n) is 5.22. The molecular formula is C14H20N2O3S. The zero-order chi connectivity index (χ0) is 14.5. The van der Waals surface area contributed by atoms with Crippen molar-refractivity contribution in [3.8, 4) is 0 Å². The number of thiophene rings is 1. The van der Waals surface area contributed by atoms with E-state index in [1.807, 2.05) is 29.5 Å². The first-order chi connectivity index (χ1) is 9.56. The quantitative estimate of drug-likeness (QED) is 0.894. The summed E-state index contributed by atoms with van der Waals surface area (Å²) in [6.45, 7) is 2.40. The average Bonchev–Trinajstić information content (AvgIpc) is 2.92. The maximum absolute atomic E-state index is 12.1. The van der Waals surface area contributed by atoms with E-state index in [4.69, 9.17) is 5.11 Å². The number of nitrogens with zero attached hydrogens (tertiary/aromatic N) is 2. The fourth-order valence-corrected chi connectivity index (χ4v) is 3.13. The number of rotatable bonds is 5. The molecule has 1 fully saturated rings. The zero-order valence-corrected chi connectivity index (χ0v) is 12.4. The maximum Gasteiger partial charge on any atom is 0.306 e. The zero-order valence-electron chi connectivity index (χ0n) is 11.6. The molecule has 5 nitrogen and oxygen atoms in total. The lowest BCUT2D eigenvalue weighted by Gasteiger charge is -2.30. The van der Waals surface area contributed by atoms with E-state index in [1.54, 1.807) is 16.2 Å². The van der Waals surface area contributed by atoms with Crippen LogP contribution in [-0.4, -0.2) is 53.5 Å². The van der Waals surface area contributed by atoms with Crippen molar-refractivity contribution in [1.82, 2.24) is 9.80 Å². The monoisotopic (exact) mass is 296 g/mol. The second-order valence-corrected chi connectivity index (χ2v) is 6.25. The van der Waals surface area contributed by atoms with Crippen LogP contribution in [0.5, 0.6) is 0 Å². The molecule has 1 aromatic rings. The molecule has 0 atom stereocenters. The molecular weight excluding hydrogens is 276 g/mol. The number of carboxylic acids is 1. The SMILES string of the molecule is CN(Cc1cccs1)C(=O)CN1CCC(C(=O)O)CC1. The van der Waals surface area contributed by atoms with Crippen LogP contribution in [0, 0.1) is 5.92 Å². The third kappa shape index (κ3) is 4.05. The van der Waals surface area contributed by atoms with Crippen molar-refractivity contribution in [3.63, 3.8) is 0 Å². The van der Waals surface area contributed by atoms with Crippen molar-refractivity contribution < 1.29 is 14.7 Å². The largest absolute Gasteiger partial charge is 0.481 e. The lowest BCUT2D eigenvalue weighted by atomic mass is 9.97. The Morgan fingerprint density at radius 2 is 2.15 bits per heavy atom. The van der Waals surface area contributed by atoms with Gasteiger partial charge in [0.2, 0.25) is 5.91 Å². The summed E-state index contributed by atoms with van der Waals surface area (Å²) in [5.41, 5.74) is 0. The second kappa shape index (κ2) is 6.85. The van der Waals surface area contributed by atoms with Gasteiger partial charge in [-0.2, -0.15) is 0 Å². The minimum Gasteiger partial charge on any atom is -0.481 e. The van der Waals surface area contributed by atoms with Gasteiger partial charge >= 0.3 is 5.97 Å². The number of likely N-dealkylation sites (N-methyl/N-ethyl adjacent to an activating group) is 1. The predicted octanol–water partition coefficient (Wildman–Crippen LogP) is 1.50. The Hall–Kier alpha value is -1.40. The van der Waals surface area contributed by atoms with Gasteiger partial charge in [0.05, 0.1) is 19.0 Å². The summed E-state index contributed by atoms with van der Waals surface area (Å²) in [6.07, 6.45) is 1.27. The highest BCUT2D eigenvalue weighted by Gasteiger charge is 2.26. The highest BCUT2D eigenvalue weighted by Crippen LogP contribution is 2.17. The van der Waals surface area contributed by atoms with Gasteiger partial charge in [0.1, 0.15) is 0 Å². The van der Waals surface area contributed by atoms with Crippen molar-refractivity contribution in [3.05, 3.63) is 22.4 Å². The van der Waals surface area contributed by atoms with Crippen LogP contribution in [0.25, 0.3) is 0 Å². The molecule has 0 aromatic carbocycles. The molecule has 1 amide bonds. The molecule has 1 N–H and O–H groups in total. The van der Waals surface area contributed by atoms with Crippen LogP contribution in [-0.2, 0) is 16.1 Å². The molecule has 0 radical (unpaired) electrons. The minimum atomic E-state index is -0.717. The first kappa shape index (κ1) is 15.0. The predicted molar refractivity (Wildman–Crippen MR) is 77.6 cm³/mol. The number of hydrogen-bond donors (Lipinski definition) is 1. The van der Waals surface area contributed by atoms with E-state index in [0.717, 1.165) is 0 Å². The summed E-state index contributed by atoms with van der Waals surface area (Å²) in [5, 5.41) is 11.0. The third-order valence-electron chi connectivity index (χ3n) is 3.69. The molecule has 0 unspecified atom stereocenters. The summed E-state index contributed by atoms with van der Waals surface area (Å²) in [5.74, 6) is -0.872. The van der Waals surface area contributed by atoms with E-state index in [0.29, 0.717) is 39.0 Å². The fourth-order valence-electron chi connectivity index (χ4n) is 2.37. The Morgan fingerprint density at radius 3 is 2.70 bits per heavy atom. The van der Waals surface area contributed by atoms with E-state index in [1.165, 1.54) is 4.88 Å². The normalized spacial score (nSPS) is 17.1. The van der Waals surface area contributed by atoms with Gasteiger partial charge in [-0.25, -0.2) is 0 Å². The summed E-state index contributed by atoms with van der Waals surface area (Å²) >= 11 is 1.65. The van der Waals surface area contributed by atoms with Crippen LogP contribution in [0.4, 0.5) is 0 Å². The summed E-state index contributed by atoms with van der Waals surface area (Å²) in [7, 11) is 1.81. The topological polar surface area (TPSA) is 60.9 Å². The number of amides is 1. The van der Waals surface area contributed by atoms with Crippen molar-refractivity contribution in [2.24, 2.45) is 5.92 Å². The molecule has 2 rings (SSSR count). The lowest BCUT2D eigenvalue weighted by molar-refractivity contribution is -0.143. The van der Waals surface area contributed by atoms with Crippen molar-refractivity contribution in [2.75, 3.05) is 26.7 Å². The van der Waals surface area contributed by atoms with E-state index >= 15 is 0 Å². The van der Waals surface area contributed by atoms with Gasteiger partial charge < -0.3 is 10.0 Å². The first-order valence-corrected chi connectivity index (χ1v) is 7.65. The van der Waals surface area contributed by atoms with Crippen molar-refractivity contribution >= 4 is 23.2 Å². The summed E-state index contributed by atoms with van der Waals surface area (Å²) in [4.78, 5) is 28.0. The Morgan fingerprint density at radius 1 is 1.45 bits per heavy atom. The van der Waals surface area contributed by atoms with Gasteiger partial charge in [-0.15, -0.1) is 11.3 Å². The van der Waals surface area contributed by atoms with E-state index < -0.39 is 5.97 Å². The standard InChI is InChI=1S/C14H20N2O3S/c1-15(9-12-3-2-8-20-12)13(17)10-16-6-4-11(5-7-16)14(18)19/h2-3,8,11H,4-7,9-10H2,1H3,(H,18,19). The number of piperidine rings is 1. The third-order valence-corrected chi connectivity index (χ3v) is 4.56. The number of aliphatic carboxylic acids is 1. The Kier molecular flexibility index (Phi) is 5.14. The Balaban J connectivity index is 1.76. The van der Waals surface area contributed by atoms with Crippen LogP contribution < -0.4 is 0 Å². The van der Waals surface area contributed by atoms with Crippen molar-refractivity contribution in [2.45, 2.75) is 19.4 Å². The highest BCUT2D eigenvalue weighted by molar-refractivity contribution is 7.09. The maximum atomic E-state index is 12.1. The summed E-state index contributed by atoms with van der Waals surface area (Å²) < 4.78 is 0. The van der Waals surface area contributed by atoms with Gasteiger partial charge in [0.15, 0.2) is 0 Å². The molecule has 1 aliphatic rings. The molecule has 0 saturated carbocycles. The van der Waals surface area contributed by atoms with E-state index in [2.05, 4.69) is 0 Å². The molecule has 1 saturated heterocycles. The molecule has 0 bridgehead atoms. The Bertz CT molecular complexity index is 453. The molecule has 1 aliphatic heterocycles. The minimum absolute atomic E-state index is 0.0900. The molecule has 6 heteroatoms. The molecule has 1 aromatic heterocycles. The van der Waals surface area contributed by atoms with Gasteiger partial charge in [0, 0.05) is 11.9 Å². The molecule has 20 heavy (non-hydrogen) atoms. The average molecular weight is 296 g/mol. The van der Waals surface area contributed by atoms with E-state index in [-0.39, 0.29) is 11.8 Å². The van der Waals surface area contributed by atoms with Crippen molar-refractivity contribution in [1.29, 1.82) is 0 Å². The van der Waals surface area contributed by atoms with Gasteiger partial charge in [-0.3, -0.25) is 14.5 Å². The molecule has 2 heterocycles. The van der Waals surface area contributed by atoms with E-state index in [9.17, 15) is 9.59 Å². The fraction of sp³-hybridized carbons (Fsp3) is 0.571. The molecule has 110 valence electrons. The summed E-state index contributed by atoms with van der Waals surface area (Å²) in [6, 6.07) is 4.00. The number of hydrogen-bond acceptors (Lipinski definition) is 4. The van der Waals surface area contributed by atoms with Crippen LogP contribution in [0.1, 0.15) is 17.7 Å². The first-order valence-electron chi connectivity index (χ1n) is 6.78. The van der Waals surface area contributed by atoms with Crippen LogP contribution in [0.15, 0.2) is 17.5 Å². The smallest absolute Gasteiger partial charge is 0.306 e. The highest BCUT2D eigenvalue weighted by atomic mass is 32.1. The van der Waals surface area contributed by atoms with Gasteiger partial charge in [0.25, 0.3) is 0 Å². The number of carbonyl (C=O) groups excluding carboxylic acids is 1. The van der Waals surface area contributed by atoms with Crippen LogP contribution in [0.3, 0.4) is 0 Å². The lowest BCUT2D eigenvalue weighted by Crippen LogP contribution is -2.43. The Labute approximate surface area is 122 Å².